The summed E-state index contributed by atoms with van der Waals surface area (Å²) in [6, 6.07) is 0. The highest BCUT2D eigenvalue weighted by molar-refractivity contribution is 6.67. The number of hydrogen-bond acceptors (Lipinski definition) is 0. The van der Waals surface area contributed by atoms with Gasteiger partial charge >= 0.3 is 0 Å². The molecule has 124 valence electrons. The highest BCUT2D eigenvalue weighted by Gasteiger charge is 2.32. The minimum Gasteiger partial charge on any atom is -0.0885 e. The van der Waals surface area contributed by atoms with E-state index in [1.807, 2.05) is 0 Å². The van der Waals surface area contributed by atoms with Gasteiger partial charge in [-0.3, -0.25) is 0 Å². The third-order valence-electron chi connectivity index (χ3n) is 4.67. The zero-order valence-electron chi connectivity index (χ0n) is 13.4. The Labute approximate surface area is 146 Å². The Kier molecular flexibility index (Phi) is 10.5. The lowest BCUT2D eigenvalue weighted by molar-refractivity contribution is 0.352. The van der Waals surface area contributed by atoms with Crippen LogP contribution in [0.3, 0.4) is 0 Å². The maximum Gasteiger partial charge on any atom is 0.193 e. The Morgan fingerprint density at radius 3 is 2.33 bits per heavy atom. The van der Waals surface area contributed by atoms with Crippen LogP contribution >= 0.6 is 34.8 Å². The number of halogens is 3. The molecule has 3 heteroatoms. The first-order valence-electron chi connectivity index (χ1n) is 8.75. The predicted molar refractivity (Wildman–Crippen MR) is 97.5 cm³/mol. The molecule has 0 N–H and O–H groups in total. The van der Waals surface area contributed by atoms with E-state index in [1.54, 1.807) is 0 Å². The van der Waals surface area contributed by atoms with Crippen molar-refractivity contribution in [1.29, 1.82) is 0 Å². The molecule has 2 unspecified atom stereocenters. The average molecular weight is 354 g/mol. The first-order valence-corrected chi connectivity index (χ1v) is 9.89. The minimum atomic E-state index is -1.09. The fourth-order valence-electron chi connectivity index (χ4n) is 3.20. The molecule has 21 heavy (non-hydrogen) atoms. The largest absolute Gasteiger partial charge is 0.193 e. The van der Waals surface area contributed by atoms with Gasteiger partial charge in [0.1, 0.15) is 0 Å². The van der Waals surface area contributed by atoms with E-state index in [-0.39, 0.29) is 5.92 Å². The highest BCUT2D eigenvalue weighted by atomic mass is 35.6. The van der Waals surface area contributed by atoms with Crippen molar-refractivity contribution in [3.8, 4) is 0 Å². The van der Waals surface area contributed by atoms with E-state index in [0.717, 1.165) is 18.8 Å². The molecule has 0 amide bonds. The van der Waals surface area contributed by atoms with Crippen molar-refractivity contribution in [2.24, 2.45) is 11.8 Å². The molecule has 0 fully saturated rings. The van der Waals surface area contributed by atoms with Crippen molar-refractivity contribution < 1.29 is 0 Å². The molecular formula is C18H31Cl3. The van der Waals surface area contributed by atoms with Gasteiger partial charge in [0.25, 0.3) is 0 Å². The summed E-state index contributed by atoms with van der Waals surface area (Å²) in [5.74, 6) is 1.02. The Morgan fingerprint density at radius 1 is 1.00 bits per heavy atom. The number of rotatable bonds is 10. The lowest BCUT2D eigenvalue weighted by Gasteiger charge is -2.27. The van der Waals surface area contributed by atoms with Gasteiger partial charge in [-0.1, -0.05) is 92.4 Å². The van der Waals surface area contributed by atoms with Crippen LogP contribution in [-0.2, 0) is 0 Å². The highest BCUT2D eigenvalue weighted by Crippen LogP contribution is 2.41. The zero-order valence-corrected chi connectivity index (χ0v) is 15.7. The van der Waals surface area contributed by atoms with Crippen LogP contribution in [0, 0.1) is 11.8 Å². The first-order chi connectivity index (χ1) is 10.0. The molecular weight excluding hydrogens is 323 g/mol. The molecule has 0 heterocycles. The van der Waals surface area contributed by atoms with Crippen molar-refractivity contribution in [2.45, 2.75) is 87.8 Å². The lowest BCUT2D eigenvalue weighted by Crippen LogP contribution is -2.20. The van der Waals surface area contributed by atoms with Crippen molar-refractivity contribution >= 4 is 34.8 Å². The smallest absolute Gasteiger partial charge is 0.0885 e. The molecule has 0 saturated heterocycles. The average Bonchev–Trinajstić information content (AvgIpc) is 2.45. The van der Waals surface area contributed by atoms with Gasteiger partial charge in [0.15, 0.2) is 3.79 Å². The van der Waals surface area contributed by atoms with Gasteiger partial charge in [0.05, 0.1) is 0 Å². The summed E-state index contributed by atoms with van der Waals surface area (Å²) in [4.78, 5) is 0. The molecule has 0 aromatic carbocycles. The van der Waals surface area contributed by atoms with E-state index in [4.69, 9.17) is 34.8 Å². The lowest BCUT2D eigenvalue weighted by atomic mass is 9.86. The van der Waals surface area contributed by atoms with Gasteiger partial charge in [-0.05, 0) is 44.4 Å². The molecule has 0 aromatic heterocycles. The summed E-state index contributed by atoms with van der Waals surface area (Å²) in [7, 11) is 0. The van der Waals surface area contributed by atoms with Gasteiger partial charge in [-0.15, -0.1) is 0 Å². The SMILES string of the molecule is CCCCCCCCC(CCC1CC=CCC1)C(Cl)(Cl)Cl. The van der Waals surface area contributed by atoms with Gasteiger partial charge < -0.3 is 0 Å². The topological polar surface area (TPSA) is 0 Å². The van der Waals surface area contributed by atoms with Gasteiger partial charge in [0.2, 0.25) is 0 Å². The molecule has 1 aliphatic carbocycles. The van der Waals surface area contributed by atoms with Gasteiger partial charge in [-0.2, -0.15) is 0 Å². The molecule has 0 spiro atoms. The molecule has 0 aliphatic heterocycles. The standard InChI is InChI=1S/C18H31Cl3/c1-2-3-4-5-6-10-13-17(18(19,20)21)15-14-16-11-8-7-9-12-16/h7-8,16-17H,2-6,9-15H2,1H3. The summed E-state index contributed by atoms with van der Waals surface area (Å²) in [6.07, 6.45) is 19.5. The number of allylic oxidation sites excluding steroid dienone is 2. The summed E-state index contributed by atoms with van der Waals surface area (Å²) < 4.78 is -1.09. The van der Waals surface area contributed by atoms with Crippen LogP contribution in [0.4, 0.5) is 0 Å². The van der Waals surface area contributed by atoms with E-state index in [0.29, 0.717) is 0 Å². The monoisotopic (exact) mass is 352 g/mol. The van der Waals surface area contributed by atoms with E-state index >= 15 is 0 Å². The van der Waals surface area contributed by atoms with Crippen LogP contribution in [0.1, 0.15) is 84.0 Å². The van der Waals surface area contributed by atoms with Gasteiger partial charge in [-0.25, -0.2) is 0 Å². The van der Waals surface area contributed by atoms with E-state index in [1.165, 1.54) is 64.2 Å². The van der Waals surface area contributed by atoms with Gasteiger partial charge in [0, 0.05) is 5.92 Å². The van der Waals surface area contributed by atoms with Crippen LogP contribution in [0.15, 0.2) is 12.2 Å². The fourth-order valence-corrected chi connectivity index (χ4v) is 3.85. The second kappa shape index (κ2) is 11.2. The Hall–Kier alpha value is 0.610. The van der Waals surface area contributed by atoms with E-state index < -0.39 is 3.79 Å². The van der Waals surface area contributed by atoms with Crippen LogP contribution in [0.2, 0.25) is 0 Å². The van der Waals surface area contributed by atoms with Crippen LogP contribution in [0.5, 0.6) is 0 Å². The normalized spacial score (nSPS) is 20.7. The first kappa shape index (κ1) is 19.7. The second-order valence-electron chi connectivity index (χ2n) is 6.52. The summed E-state index contributed by atoms with van der Waals surface area (Å²) in [5.41, 5.74) is 0. The second-order valence-corrected chi connectivity index (χ2v) is 8.89. The van der Waals surface area contributed by atoms with Crippen molar-refractivity contribution in [3.05, 3.63) is 12.2 Å². The zero-order chi connectivity index (χ0) is 15.6. The molecule has 0 aromatic rings. The Balaban J connectivity index is 2.23. The molecule has 0 radical (unpaired) electrons. The Morgan fingerprint density at radius 2 is 1.71 bits per heavy atom. The number of alkyl halides is 3. The quantitative estimate of drug-likeness (QED) is 0.213. The maximum absolute atomic E-state index is 6.20. The maximum atomic E-state index is 6.20. The van der Waals surface area contributed by atoms with Crippen LogP contribution in [0.25, 0.3) is 0 Å². The van der Waals surface area contributed by atoms with Crippen molar-refractivity contribution in [3.63, 3.8) is 0 Å². The Bertz CT molecular complexity index is 281. The summed E-state index contributed by atoms with van der Waals surface area (Å²) in [5, 5.41) is 0. The summed E-state index contributed by atoms with van der Waals surface area (Å²) >= 11 is 18.6. The van der Waals surface area contributed by atoms with E-state index in [2.05, 4.69) is 19.1 Å². The predicted octanol–water partition coefficient (Wildman–Crippen LogP) is 7.86. The van der Waals surface area contributed by atoms with Crippen LogP contribution in [-0.4, -0.2) is 3.79 Å². The minimum absolute atomic E-state index is 0.222. The molecule has 1 aliphatic rings. The third kappa shape index (κ3) is 9.36. The molecule has 1 rings (SSSR count). The van der Waals surface area contributed by atoms with Crippen molar-refractivity contribution in [1.82, 2.24) is 0 Å². The molecule has 2 atom stereocenters. The number of unbranched alkanes of at least 4 members (excludes halogenated alkanes) is 5. The third-order valence-corrected chi connectivity index (χ3v) is 5.60. The fraction of sp³-hybridized carbons (Fsp3) is 0.889. The molecule has 0 saturated carbocycles. The summed E-state index contributed by atoms with van der Waals surface area (Å²) in [6.45, 7) is 2.25. The van der Waals surface area contributed by atoms with Crippen molar-refractivity contribution in [2.75, 3.05) is 0 Å². The number of hydrogen-bond donors (Lipinski definition) is 0. The molecule has 0 bridgehead atoms. The molecule has 0 nitrogen and oxygen atoms in total. The van der Waals surface area contributed by atoms with Crippen LogP contribution < -0.4 is 0 Å². The van der Waals surface area contributed by atoms with E-state index in [9.17, 15) is 0 Å².